The molecule has 1 aromatic carbocycles. The first-order chi connectivity index (χ1) is 8.63. The van der Waals surface area contributed by atoms with Crippen LogP contribution < -0.4 is 10.6 Å². The molecule has 0 spiro atoms. The Labute approximate surface area is 110 Å². The quantitative estimate of drug-likeness (QED) is 0.728. The summed E-state index contributed by atoms with van der Waals surface area (Å²) >= 11 is 0. The molecule has 2 N–H and O–H groups in total. The number of amides is 1. The minimum absolute atomic E-state index is 0.0541. The maximum atomic E-state index is 11.5. The van der Waals surface area contributed by atoms with Gasteiger partial charge in [-0.3, -0.25) is 4.79 Å². The SMILES string of the molecule is CCCCNC(=O)CNc1cccc(C(C)C)c1. The lowest BCUT2D eigenvalue weighted by molar-refractivity contribution is -0.119. The van der Waals surface area contributed by atoms with Crippen LogP contribution >= 0.6 is 0 Å². The van der Waals surface area contributed by atoms with Gasteiger partial charge in [-0.05, 0) is 30.0 Å². The molecule has 0 aliphatic rings. The molecule has 0 aliphatic carbocycles. The standard InChI is InChI=1S/C15H24N2O/c1-4-5-9-16-15(18)11-17-14-8-6-7-13(10-14)12(2)3/h6-8,10,12,17H,4-5,9,11H2,1-3H3,(H,16,18). The summed E-state index contributed by atoms with van der Waals surface area (Å²) in [5.41, 5.74) is 2.29. The van der Waals surface area contributed by atoms with E-state index in [2.05, 4.69) is 43.5 Å². The lowest BCUT2D eigenvalue weighted by Gasteiger charge is -2.10. The third-order valence-corrected chi connectivity index (χ3v) is 2.86. The molecule has 1 amide bonds. The molecule has 100 valence electrons. The van der Waals surface area contributed by atoms with Gasteiger partial charge < -0.3 is 10.6 Å². The van der Waals surface area contributed by atoms with Gasteiger partial charge in [-0.15, -0.1) is 0 Å². The van der Waals surface area contributed by atoms with Crippen LogP contribution in [0.3, 0.4) is 0 Å². The fourth-order valence-corrected chi connectivity index (χ4v) is 1.66. The molecule has 0 bridgehead atoms. The van der Waals surface area contributed by atoms with Crippen molar-refractivity contribution in [3.8, 4) is 0 Å². The molecule has 3 nitrogen and oxygen atoms in total. The monoisotopic (exact) mass is 248 g/mol. The van der Waals surface area contributed by atoms with Crippen molar-refractivity contribution < 1.29 is 4.79 Å². The number of nitrogens with one attached hydrogen (secondary N) is 2. The van der Waals surface area contributed by atoms with Crippen LogP contribution in [0, 0.1) is 0 Å². The first-order valence-corrected chi connectivity index (χ1v) is 6.74. The highest BCUT2D eigenvalue weighted by Crippen LogP contribution is 2.18. The summed E-state index contributed by atoms with van der Waals surface area (Å²) in [6.45, 7) is 7.54. The summed E-state index contributed by atoms with van der Waals surface area (Å²) in [6.07, 6.45) is 2.14. The van der Waals surface area contributed by atoms with E-state index in [1.807, 2.05) is 12.1 Å². The van der Waals surface area contributed by atoms with Crippen molar-refractivity contribution in [3.05, 3.63) is 29.8 Å². The van der Waals surface area contributed by atoms with E-state index in [0.717, 1.165) is 25.1 Å². The summed E-state index contributed by atoms with van der Waals surface area (Å²) < 4.78 is 0. The number of rotatable bonds is 7. The Balaban J connectivity index is 2.38. The highest BCUT2D eigenvalue weighted by molar-refractivity contribution is 5.80. The van der Waals surface area contributed by atoms with Crippen molar-refractivity contribution >= 4 is 11.6 Å². The van der Waals surface area contributed by atoms with E-state index in [1.165, 1.54) is 5.56 Å². The van der Waals surface area contributed by atoms with E-state index >= 15 is 0 Å². The van der Waals surface area contributed by atoms with Crippen LogP contribution in [-0.4, -0.2) is 19.0 Å². The van der Waals surface area contributed by atoms with E-state index in [1.54, 1.807) is 0 Å². The Kier molecular flexibility index (Phi) is 6.26. The normalized spacial score (nSPS) is 10.4. The zero-order chi connectivity index (χ0) is 13.4. The number of unbranched alkanes of at least 4 members (excludes halogenated alkanes) is 1. The second-order valence-corrected chi connectivity index (χ2v) is 4.84. The molecule has 0 atom stereocenters. The minimum Gasteiger partial charge on any atom is -0.376 e. The Bertz CT molecular complexity index is 375. The lowest BCUT2D eigenvalue weighted by Crippen LogP contribution is -2.30. The summed E-state index contributed by atoms with van der Waals surface area (Å²) in [5, 5.41) is 6.04. The lowest BCUT2D eigenvalue weighted by atomic mass is 10.0. The Morgan fingerprint density at radius 1 is 1.33 bits per heavy atom. The number of anilines is 1. The van der Waals surface area contributed by atoms with Crippen molar-refractivity contribution in [2.24, 2.45) is 0 Å². The summed E-state index contributed by atoms with van der Waals surface area (Å²) in [5.74, 6) is 0.559. The molecule has 3 heteroatoms. The average Bonchev–Trinajstić information content (AvgIpc) is 2.37. The van der Waals surface area contributed by atoms with Crippen molar-refractivity contribution in [1.82, 2.24) is 5.32 Å². The first kappa shape index (κ1) is 14.6. The van der Waals surface area contributed by atoms with E-state index in [4.69, 9.17) is 0 Å². The first-order valence-electron chi connectivity index (χ1n) is 6.74. The Morgan fingerprint density at radius 2 is 2.11 bits per heavy atom. The minimum atomic E-state index is 0.0541. The molecule has 0 radical (unpaired) electrons. The van der Waals surface area contributed by atoms with Crippen LogP contribution in [0.4, 0.5) is 5.69 Å². The molecule has 0 saturated carbocycles. The second kappa shape index (κ2) is 7.75. The Morgan fingerprint density at radius 3 is 2.78 bits per heavy atom. The fourth-order valence-electron chi connectivity index (χ4n) is 1.66. The smallest absolute Gasteiger partial charge is 0.239 e. The van der Waals surface area contributed by atoms with Gasteiger partial charge in [0.15, 0.2) is 0 Å². The molecular formula is C15H24N2O. The van der Waals surface area contributed by atoms with Gasteiger partial charge in [-0.1, -0.05) is 39.3 Å². The van der Waals surface area contributed by atoms with Gasteiger partial charge in [0, 0.05) is 12.2 Å². The van der Waals surface area contributed by atoms with Gasteiger partial charge >= 0.3 is 0 Å². The van der Waals surface area contributed by atoms with Gasteiger partial charge in [-0.2, -0.15) is 0 Å². The van der Waals surface area contributed by atoms with Crippen molar-refractivity contribution in [3.63, 3.8) is 0 Å². The van der Waals surface area contributed by atoms with Crippen LogP contribution in [0.5, 0.6) is 0 Å². The van der Waals surface area contributed by atoms with Gasteiger partial charge in [-0.25, -0.2) is 0 Å². The van der Waals surface area contributed by atoms with E-state index in [0.29, 0.717) is 12.5 Å². The molecular weight excluding hydrogens is 224 g/mol. The van der Waals surface area contributed by atoms with Gasteiger partial charge in [0.05, 0.1) is 6.54 Å². The average molecular weight is 248 g/mol. The molecule has 0 fully saturated rings. The largest absolute Gasteiger partial charge is 0.376 e. The molecule has 0 aromatic heterocycles. The van der Waals surface area contributed by atoms with E-state index < -0.39 is 0 Å². The number of hydrogen-bond donors (Lipinski definition) is 2. The molecule has 0 heterocycles. The summed E-state index contributed by atoms with van der Waals surface area (Å²) in [6, 6.07) is 8.22. The number of carbonyl (C=O) groups excluding carboxylic acids is 1. The molecule has 1 aromatic rings. The van der Waals surface area contributed by atoms with Crippen LogP contribution in [0.2, 0.25) is 0 Å². The zero-order valence-electron chi connectivity index (χ0n) is 11.6. The van der Waals surface area contributed by atoms with Gasteiger partial charge in [0.1, 0.15) is 0 Å². The summed E-state index contributed by atoms with van der Waals surface area (Å²) in [7, 11) is 0. The maximum absolute atomic E-state index is 11.5. The number of benzene rings is 1. The third-order valence-electron chi connectivity index (χ3n) is 2.86. The Hall–Kier alpha value is -1.51. The third kappa shape index (κ3) is 5.21. The number of carbonyl (C=O) groups is 1. The van der Waals surface area contributed by atoms with E-state index in [-0.39, 0.29) is 5.91 Å². The van der Waals surface area contributed by atoms with Gasteiger partial charge in [0.25, 0.3) is 0 Å². The predicted octanol–water partition coefficient (Wildman–Crippen LogP) is 3.14. The van der Waals surface area contributed by atoms with Crippen molar-refractivity contribution in [2.75, 3.05) is 18.4 Å². The van der Waals surface area contributed by atoms with Gasteiger partial charge in [0.2, 0.25) is 5.91 Å². The second-order valence-electron chi connectivity index (χ2n) is 4.84. The van der Waals surface area contributed by atoms with E-state index in [9.17, 15) is 4.79 Å². The van der Waals surface area contributed by atoms with Crippen molar-refractivity contribution in [2.45, 2.75) is 39.5 Å². The van der Waals surface area contributed by atoms with Crippen LogP contribution in [0.15, 0.2) is 24.3 Å². The molecule has 1 rings (SSSR count). The maximum Gasteiger partial charge on any atom is 0.239 e. The van der Waals surface area contributed by atoms with Crippen LogP contribution in [0.1, 0.15) is 45.1 Å². The highest BCUT2D eigenvalue weighted by atomic mass is 16.1. The zero-order valence-corrected chi connectivity index (χ0v) is 11.6. The van der Waals surface area contributed by atoms with Crippen molar-refractivity contribution in [1.29, 1.82) is 0 Å². The number of hydrogen-bond acceptors (Lipinski definition) is 2. The topological polar surface area (TPSA) is 41.1 Å². The molecule has 18 heavy (non-hydrogen) atoms. The molecule has 0 saturated heterocycles. The predicted molar refractivity (Wildman–Crippen MR) is 76.9 cm³/mol. The molecule has 0 unspecified atom stereocenters. The van der Waals surface area contributed by atoms with Crippen LogP contribution in [0.25, 0.3) is 0 Å². The fraction of sp³-hybridized carbons (Fsp3) is 0.533. The van der Waals surface area contributed by atoms with Crippen LogP contribution in [-0.2, 0) is 4.79 Å². The molecule has 0 aliphatic heterocycles. The highest BCUT2D eigenvalue weighted by Gasteiger charge is 2.02. The summed E-state index contributed by atoms with van der Waals surface area (Å²) in [4.78, 5) is 11.5.